The minimum atomic E-state index is -0.0629. The molecule has 0 spiro atoms. The molecule has 1 fully saturated rings. The molecule has 1 aliphatic rings. The van der Waals surface area contributed by atoms with Crippen LogP contribution < -0.4 is 5.32 Å². The maximum Gasteiger partial charge on any atom is 0.272 e. The fraction of sp³-hybridized carbons (Fsp3) is 0.500. The average Bonchev–Trinajstić information content (AvgIpc) is 3.10. The minimum Gasteiger partial charge on any atom is -0.350 e. The van der Waals surface area contributed by atoms with E-state index in [1.54, 1.807) is 4.68 Å². The quantitative estimate of drug-likeness (QED) is 0.862. The van der Waals surface area contributed by atoms with Crippen LogP contribution >= 0.6 is 15.9 Å². The number of aromatic nitrogens is 2. The van der Waals surface area contributed by atoms with Crippen LogP contribution in [-0.2, 0) is 7.05 Å². The number of aryl methyl sites for hydroxylation is 1. The van der Waals surface area contributed by atoms with Crippen molar-refractivity contribution in [2.45, 2.75) is 19.3 Å². The van der Waals surface area contributed by atoms with Crippen LogP contribution in [0.4, 0.5) is 0 Å². The molecule has 4 nitrogen and oxygen atoms in total. The molecule has 5 heteroatoms. The number of nitrogens with one attached hydrogen (secondary N) is 1. The molecule has 1 amide bonds. The van der Waals surface area contributed by atoms with Crippen LogP contribution in [0.2, 0.25) is 0 Å². The summed E-state index contributed by atoms with van der Waals surface area (Å²) in [5.41, 5.74) is 1.52. The molecular formula is C16H20BrN3O. The highest BCUT2D eigenvalue weighted by molar-refractivity contribution is 9.09. The Labute approximate surface area is 133 Å². The molecule has 0 aliphatic heterocycles. The molecule has 1 aliphatic carbocycles. The first-order valence-corrected chi connectivity index (χ1v) is 8.58. The SMILES string of the molecule is Cn1nc(C(=O)NCC2CCCC2CBr)c2ccccc21. The van der Waals surface area contributed by atoms with E-state index in [-0.39, 0.29) is 5.91 Å². The lowest BCUT2D eigenvalue weighted by molar-refractivity contribution is 0.0940. The van der Waals surface area contributed by atoms with Crippen LogP contribution in [0.25, 0.3) is 10.9 Å². The summed E-state index contributed by atoms with van der Waals surface area (Å²) in [6, 6.07) is 7.84. The van der Waals surface area contributed by atoms with Crippen LogP contribution in [0.1, 0.15) is 29.8 Å². The first-order valence-electron chi connectivity index (χ1n) is 7.46. The third kappa shape index (κ3) is 2.84. The monoisotopic (exact) mass is 349 g/mol. The summed E-state index contributed by atoms with van der Waals surface area (Å²) in [4.78, 5) is 12.4. The Bertz CT molecular complexity index is 652. The number of benzene rings is 1. The smallest absolute Gasteiger partial charge is 0.272 e. The van der Waals surface area contributed by atoms with Gasteiger partial charge in [-0.1, -0.05) is 40.5 Å². The Morgan fingerprint density at radius 3 is 2.95 bits per heavy atom. The fourth-order valence-electron chi connectivity index (χ4n) is 3.27. The Hall–Kier alpha value is -1.36. The molecule has 2 aromatic rings. The number of nitrogens with zero attached hydrogens (tertiary/aromatic N) is 2. The lowest BCUT2D eigenvalue weighted by Crippen LogP contribution is -2.31. The van der Waals surface area contributed by atoms with Gasteiger partial charge in [0, 0.05) is 24.3 Å². The van der Waals surface area contributed by atoms with Crippen LogP contribution in [0, 0.1) is 11.8 Å². The molecule has 2 atom stereocenters. The van der Waals surface area contributed by atoms with Gasteiger partial charge in [0.05, 0.1) is 5.52 Å². The minimum absolute atomic E-state index is 0.0629. The van der Waals surface area contributed by atoms with Crippen molar-refractivity contribution in [3.05, 3.63) is 30.0 Å². The molecule has 112 valence electrons. The van der Waals surface area contributed by atoms with Crippen molar-refractivity contribution in [1.29, 1.82) is 0 Å². The fourth-order valence-corrected chi connectivity index (χ4v) is 4.13. The van der Waals surface area contributed by atoms with E-state index < -0.39 is 0 Å². The first-order chi connectivity index (χ1) is 10.2. The highest BCUT2D eigenvalue weighted by Gasteiger charge is 2.27. The van der Waals surface area contributed by atoms with E-state index in [2.05, 4.69) is 26.3 Å². The number of para-hydroxylation sites is 1. The third-order valence-corrected chi connectivity index (χ3v) is 5.34. The number of amides is 1. The molecule has 1 saturated carbocycles. The first kappa shape index (κ1) is 14.6. The van der Waals surface area contributed by atoms with E-state index in [0.29, 0.717) is 17.5 Å². The topological polar surface area (TPSA) is 46.9 Å². The number of carbonyl (C=O) groups excluding carboxylic acids is 1. The summed E-state index contributed by atoms with van der Waals surface area (Å²) < 4.78 is 1.76. The van der Waals surface area contributed by atoms with Crippen LogP contribution in [0.3, 0.4) is 0 Å². The van der Waals surface area contributed by atoms with Gasteiger partial charge in [0.2, 0.25) is 0 Å². The van der Waals surface area contributed by atoms with Crippen molar-refractivity contribution in [3.63, 3.8) is 0 Å². The van der Waals surface area contributed by atoms with Gasteiger partial charge in [0.15, 0.2) is 5.69 Å². The van der Waals surface area contributed by atoms with Crippen LogP contribution in [-0.4, -0.2) is 27.6 Å². The van der Waals surface area contributed by atoms with Gasteiger partial charge >= 0.3 is 0 Å². The zero-order chi connectivity index (χ0) is 14.8. The van der Waals surface area contributed by atoms with Crippen molar-refractivity contribution in [2.24, 2.45) is 18.9 Å². The number of hydrogen-bond acceptors (Lipinski definition) is 2. The molecule has 0 bridgehead atoms. The predicted octanol–water partition coefficient (Wildman–Crippen LogP) is 3.11. The van der Waals surface area contributed by atoms with E-state index in [4.69, 9.17) is 0 Å². The zero-order valence-corrected chi connectivity index (χ0v) is 13.8. The van der Waals surface area contributed by atoms with Crippen molar-refractivity contribution >= 4 is 32.7 Å². The average molecular weight is 350 g/mol. The lowest BCUT2D eigenvalue weighted by atomic mass is 9.98. The summed E-state index contributed by atoms with van der Waals surface area (Å²) in [6.07, 6.45) is 3.74. The van der Waals surface area contributed by atoms with Gasteiger partial charge < -0.3 is 5.32 Å². The highest BCUT2D eigenvalue weighted by Crippen LogP contribution is 2.32. The molecule has 1 aromatic carbocycles. The molecular weight excluding hydrogens is 330 g/mol. The Morgan fingerprint density at radius 1 is 1.38 bits per heavy atom. The van der Waals surface area contributed by atoms with Crippen molar-refractivity contribution < 1.29 is 4.79 Å². The third-order valence-electron chi connectivity index (χ3n) is 4.51. The summed E-state index contributed by atoms with van der Waals surface area (Å²) >= 11 is 3.58. The Morgan fingerprint density at radius 2 is 2.14 bits per heavy atom. The number of hydrogen-bond donors (Lipinski definition) is 1. The van der Waals surface area contributed by atoms with Gasteiger partial charge in [-0.05, 0) is 30.7 Å². The van der Waals surface area contributed by atoms with E-state index in [9.17, 15) is 4.79 Å². The normalized spacial score (nSPS) is 21.8. The number of halogens is 1. The second kappa shape index (κ2) is 6.18. The van der Waals surface area contributed by atoms with Gasteiger partial charge in [-0.25, -0.2) is 0 Å². The van der Waals surface area contributed by atoms with Gasteiger partial charge in [-0.15, -0.1) is 0 Å². The molecule has 0 radical (unpaired) electrons. The van der Waals surface area contributed by atoms with Crippen molar-refractivity contribution in [2.75, 3.05) is 11.9 Å². The number of alkyl halides is 1. The van der Waals surface area contributed by atoms with Gasteiger partial charge in [-0.3, -0.25) is 9.48 Å². The summed E-state index contributed by atoms with van der Waals surface area (Å²) in [7, 11) is 1.87. The van der Waals surface area contributed by atoms with Gasteiger partial charge in [0.1, 0.15) is 0 Å². The van der Waals surface area contributed by atoms with E-state index in [1.165, 1.54) is 19.3 Å². The lowest BCUT2D eigenvalue weighted by Gasteiger charge is -2.17. The summed E-state index contributed by atoms with van der Waals surface area (Å²) in [5, 5.41) is 9.39. The van der Waals surface area contributed by atoms with Crippen molar-refractivity contribution in [1.82, 2.24) is 15.1 Å². The van der Waals surface area contributed by atoms with Gasteiger partial charge in [0.25, 0.3) is 5.91 Å². The summed E-state index contributed by atoms with van der Waals surface area (Å²) in [5.74, 6) is 1.21. The van der Waals surface area contributed by atoms with E-state index in [1.807, 2.05) is 31.3 Å². The largest absolute Gasteiger partial charge is 0.350 e. The molecule has 1 N–H and O–H groups in total. The number of carbonyl (C=O) groups is 1. The highest BCUT2D eigenvalue weighted by atomic mass is 79.9. The molecule has 21 heavy (non-hydrogen) atoms. The van der Waals surface area contributed by atoms with E-state index in [0.717, 1.165) is 22.8 Å². The van der Waals surface area contributed by atoms with Crippen LogP contribution in [0.15, 0.2) is 24.3 Å². The predicted molar refractivity (Wildman–Crippen MR) is 87.7 cm³/mol. The maximum atomic E-state index is 12.4. The second-order valence-electron chi connectivity index (χ2n) is 5.80. The molecule has 1 aromatic heterocycles. The second-order valence-corrected chi connectivity index (χ2v) is 6.45. The Kier molecular flexibility index (Phi) is 4.29. The zero-order valence-electron chi connectivity index (χ0n) is 12.2. The molecule has 3 rings (SSSR count). The van der Waals surface area contributed by atoms with Crippen molar-refractivity contribution in [3.8, 4) is 0 Å². The molecule has 2 unspecified atom stereocenters. The molecule has 1 heterocycles. The van der Waals surface area contributed by atoms with Gasteiger partial charge in [-0.2, -0.15) is 5.10 Å². The standard InChI is InChI=1S/C16H20BrN3O/c1-20-14-8-3-2-7-13(14)15(19-20)16(21)18-10-12-6-4-5-11(12)9-17/h2-3,7-8,11-12H,4-6,9-10H2,1H3,(H,18,21). The van der Waals surface area contributed by atoms with E-state index >= 15 is 0 Å². The molecule has 0 saturated heterocycles. The Balaban J connectivity index is 1.73. The number of fused-ring (bicyclic) bond motifs is 1. The number of rotatable bonds is 4. The maximum absolute atomic E-state index is 12.4. The summed E-state index contributed by atoms with van der Waals surface area (Å²) in [6.45, 7) is 0.750. The van der Waals surface area contributed by atoms with Crippen LogP contribution in [0.5, 0.6) is 0 Å².